The molecule has 2 unspecified atom stereocenters. The molecule has 2 aliphatic rings. The predicted octanol–water partition coefficient (Wildman–Crippen LogP) is 4.44. The molecule has 5 rings (SSSR count). The normalized spacial score (nSPS) is 23.3. The highest BCUT2D eigenvalue weighted by atomic mass is 16.5. The first-order chi connectivity index (χ1) is 14.4. The van der Waals surface area contributed by atoms with Crippen LogP contribution in [0.4, 0.5) is 5.69 Å². The van der Waals surface area contributed by atoms with Gasteiger partial charge in [0.2, 0.25) is 5.91 Å². The summed E-state index contributed by atoms with van der Waals surface area (Å²) in [5.41, 5.74) is 3.12. The fourth-order valence-electron chi connectivity index (χ4n) is 5.46. The quantitative estimate of drug-likeness (QED) is 0.697. The number of nitrogens with zero attached hydrogens (tertiary/aromatic N) is 2. The minimum absolute atomic E-state index is 0.0539. The Balaban J connectivity index is 1.62. The molecule has 30 heavy (non-hydrogen) atoms. The van der Waals surface area contributed by atoms with Crippen molar-refractivity contribution in [2.24, 2.45) is 5.41 Å². The van der Waals surface area contributed by atoms with Crippen molar-refractivity contribution in [2.45, 2.75) is 38.0 Å². The van der Waals surface area contributed by atoms with Crippen LogP contribution in [0.15, 0.2) is 42.5 Å². The summed E-state index contributed by atoms with van der Waals surface area (Å²) in [6.07, 6.45) is 1.69. The van der Waals surface area contributed by atoms with Crippen LogP contribution in [0.25, 0.3) is 11.0 Å². The number of benzene rings is 2. The Labute approximate surface area is 175 Å². The van der Waals surface area contributed by atoms with Gasteiger partial charge in [-0.05, 0) is 42.5 Å². The van der Waals surface area contributed by atoms with Crippen LogP contribution in [0, 0.1) is 5.41 Å². The van der Waals surface area contributed by atoms with Crippen LogP contribution < -0.4 is 14.8 Å². The van der Waals surface area contributed by atoms with Gasteiger partial charge in [-0.15, -0.1) is 0 Å². The maximum Gasteiger partial charge on any atom is 0.237 e. The molecule has 0 saturated heterocycles. The van der Waals surface area contributed by atoms with Gasteiger partial charge in [0.05, 0.1) is 47.7 Å². The van der Waals surface area contributed by atoms with Crippen LogP contribution in [0.1, 0.15) is 44.0 Å². The van der Waals surface area contributed by atoms with Gasteiger partial charge < -0.3 is 14.8 Å². The van der Waals surface area contributed by atoms with Gasteiger partial charge in [0.25, 0.3) is 0 Å². The summed E-state index contributed by atoms with van der Waals surface area (Å²) in [7, 11) is 3.19. The Bertz CT molecular complexity index is 1170. The first kappa shape index (κ1) is 18.9. The monoisotopic (exact) mass is 403 g/mol. The second kappa shape index (κ2) is 6.42. The molecule has 1 fully saturated rings. The molecule has 2 bridgehead atoms. The third-order valence-corrected chi connectivity index (χ3v) is 7.16. The van der Waals surface area contributed by atoms with Crippen molar-refractivity contribution in [1.82, 2.24) is 9.97 Å². The number of fused-ring (bicyclic) bond motifs is 6. The largest absolute Gasteiger partial charge is 0.497 e. The molecule has 1 amide bonds. The summed E-state index contributed by atoms with van der Waals surface area (Å²) < 4.78 is 10.8. The van der Waals surface area contributed by atoms with Crippen molar-refractivity contribution in [3.63, 3.8) is 0 Å². The number of carbonyl (C=O) groups is 1. The molecule has 0 radical (unpaired) electrons. The average Bonchev–Trinajstić information content (AvgIpc) is 3.13. The lowest BCUT2D eigenvalue weighted by Gasteiger charge is -2.36. The number of anilines is 1. The van der Waals surface area contributed by atoms with E-state index in [9.17, 15) is 4.79 Å². The molecule has 0 aliphatic heterocycles. The number of aromatic nitrogens is 2. The summed E-state index contributed by atoms with van der Waals surface area (Å²) in [5, 5.41) is 3.13. The van der Waals surface area contributed by atoms with Crippen LogP contribution in [-0.2, 0) is 10.2 Å². The lowest BCUT2D eigenvalue weighted by Crippen LogP contribution is -2.46. The van der Waals surface area contributed by atoms with Crippen LogP contribution in [0.5, 0.6) is 11.5 Å². The van der Waals surface area contributed by atoms with Crippen molar-refractivity contribution in [1.29, 1.82) is 0 Å². The van der Waals surface area contributed by atoms with E-state index in [0.717, 1.165) is 35.3 Å². The second-order valence-electron chi connectivity index (χ2n) is 8.68. The van der Waals surface area contributed by atoms with E-state index in [1.807, 2.05) is 36.4 Å². The first-order valence-electron chi connectivity index (χ1n) is 10.2. The summed E-state index contributed by atoms with van der Waals surface area (Å²) in [5.74, 6) is 1.40. The molecular formula is C24H25N3O3. The molecule has 2 aromatic carbocycles. The van der Waals surface area contributed by atoms with Crippen molar-refractivity contribution >= 4 is 22.6 Å². The zero-order chi connectivity index (χ0) is 21.1. The SMILES string of the molecule is COc1ccc(NC(=O)C23CCC(c4nc5ccccc5nc42)C3(C)C)c(OC)c1. The van der Waals surface area contributed by atoms with E-state index in [1.54, 1.807) is 20.3 Å². The number of rotatable bonds is 4. The summed E-state index contributed by atoms with van der Waals surface area (Å²) in [4.78, 5) is 23.8. The van der Waals surface area contributed by atoms with Crippen LogP contribution in [0.3, 0.4) is 0 Å². The topological polar surface area (TPSA) is 73.3 Å². The van der Waals surface area contributed by atoms with Crippen molar-refractivity contribution in [3.8, 4) is 11.5 Å². The van der Waals surface area contributed by atoms with Gasteiger partial charge >= 0.3 is 0 Å². The van der Waals surface area contributed by atoms with Gasteiger partial charge in [-0.25, -0.2) is 9.97 Å². The van der Waals surface area contributed by atoms with Crippen molar-refractivity contribution < 1.29 is 14.3 Å². The maximum atomic E-state index is 13.9. The van der Waals surface area contributed by atoms with E-state index in [4.69, 9.17) is 19.4 Å². The van der Waals surface area contributed by atoms with E-state index in [-0.39, 0.29) is 17.2 Å². The Hall–Kier alpha value is -3.15. The van der Waals surface area contributed by atoms with Crippen LogP contribution in [0.2, 0.25) is 0 Å². The van der Waals surface area contributed by atoms with Gasteiger partial charge in [0.1, 0.15) is 11.5 Å². The Morgan fingerprint density at radius 1 is 1.07 bits per heavy atom. The number of carbonyl (C=O) groups excluding carboxylic acids is 1. The highest BCUT2D eigenvalue weighted by Gasteiger charge is 2.67. The average molecular weight is 403 g/mol. The third kappa shape index (κ3) is 2.33. The molecule has 1 saturated carbocycles. The highest BCUT2D eigenvalue weighted by Crippen LogP contribution is 2.67. The van der Waals surface area contributed by atoms with Gasteiger partial charge in [0.15, 0.2) is 0 Å². The number of methoxy groups -OCH3 is 2. The fraction of sp³-hybridized carbons (Fsp3) is 0.375. The lowest BCUT2D eigenvalue weighted by atomic mass is 9.67. The molecule has 2 aliphatic carbocycles. The highest BCUT2D eigenvalue weighted by molar-refractivity contribution is 6.02. The number of nitrogens with one attached hydrogen (secondary N) is 1. The minimum atomic E-state index is -0.727. The van der Waals surface area contributed by atoms with Gasteiger partial charge in [0, 0.05) is 12.0 Å². The molecule has 3 aromatic rings. The van der Waals surface area contributed by atoms with E-state index in [1.165, 1.54) is 0 Å². The molecule has 1 aromatic heterocycles. The first-order valence-corrected chi connectivity index (χ1v) is 10.2. The molecule has 1 heterocycles. The smallest absolute Gasteiger partial charge is 0.237 e. The maximum absolute atomic E-state index is 13.9. The van der Waals surface area contributed by atoms with E-state index in [2.05, 4.69) is 19.2 Å². The number of ether oxygens (including phenoxy) is 2. The second-order valence-corrected chi connectivity index (χ2v) is 8.68. The van der Waals surface area contributed by atoms with E-state index in [0.29, 0.717) is 17.2 Å². The lowest BCUT2D eigenvalue weighted by molar-refractivity contribution is -0.124. The molecule has 2 atom stereocenters. The minimum Gasteiger partial charge on any atom is -0.497 e. The standard InChI is InChI=1S/C24H25N3O3/c1-23(2)15-11-12-24(23,21-20(15)25-16-7-5-6-8-17(16)26-21)22(28)27-18-10-9-14(29-3)13-19(18)30-4/h5-10,13,15H,11-12H2,1-4H3,(H,27,28). The number of para-hydroxylation sites is 2. The van der Waals surface area contributed by atoms with Crippen molar-refractivity contribution in [2.75, 3.05) is 19.5 Å². The number of hydrogen-bond acceptors (Lipinski definition) is 5. The number of amides is 1. The van der Waals surface area contributed by atoms with Crippen LogP contribution in [-0.4, -0.2) is 30.1 Å². The molecule has 0 spiro atoms. The van der Waals surface area contributed by atoms with Crippen LogP contribution >= 0.6 is 0 Å². The molecule has 6 nitrogen and oxygen atoms in total. The number of hydrogen-bond donors (Lipinski definition) is 1. The summed E-state index contributed by atoms with van der Waals surface area (Å²) >= 11 is 0. The third-order valence-electron chi connectivity index (χ3n) is 7.16. The fourth-order valence-corrected chi connectivity index (χ4v) is 5.46. The Kier molecular flexibility index (Phi) is 4.04. The molecule has 154 valence electrons. The van der Waals surface area contributed by atoms with Gasteiger partial charge in [-0.1, -0.05) is 26.0 Å². The molecular weight excluding hydrogens is 378 g/mol. The van der Waals surface area contributed by atoms with Gasteiger partial charge in [-0.2, -0.15) is 0 Å². The molecule has 6 heteroatoms. The summed E-state index contributed by atoms with van der Waals surface area (Å²) in [6.45, 7) is 4.34. The zero-order valence-electron chi connectivity index (χ0n) is 17.7. The predicted molar refractivity (Wildman–Crippen MR) is 115 cm³/mol. The van der Waals surface area contributed by atoms with E-state index < -0.39 is 5.41 Å². The molecule has 1 N–H and O–H groups in total. The zero-order valence-corrected chi connectivity index (χ0v) is 17.7. The summed E-state index contributed by atoms with van der Waals surface area (Å²) in [6, 6.07) is 13.3. The van der Waals surface area contributed by atoms with E-state index >= 15 is 0 Å². The van der Waals surface area contributed by atoms with Crippen molar-refractivity contribution in [3.05, 3.63) is 53.9 Å². The Morgan fingerprint density at radius 2 is 1.80 bits per heavy atom. The Morgan fingerprint density at radius 3 is 2.50 bits per heavy atom. The van der Waals surface area contributed by atoms with Gasteiger partial charge in [-0.3, -0.25) is 4.79 Å².